The number of ketones is 1. The SMILES string of the molecule is CC1(C)[C@@H](O[C@H]2O[C@H](C(=O)O)[C@H](O)[C@H](O)[C@@H]2O[C@@H]2O[C@H](C(=O)O)[C@H](O)[C@H](O)[C@@H]2O)CC[C@@]2(C)[C@H]3C(=O)C=C4[C@H]5C[C@@](C)(C(=O)O)CC[C@]5(C)CC[C@@]4(C)[C@@]3(C)CC[C@@H]12. The number of carbonyl (C=O) groups excluding carboxylic acids is 1. The predicted molar refractivity (Wildman–Crippen MR) is 199 cm³/mol. The number of rotatable bonds is 7. The number of carboxylic acids is 3. The van der Waals surface area contributed by atoms with Crippen molar-refractivity contribution < 1.29 is 79.0 Å². The summed E-state index contributed by atoms with van der Waals surface area (Å²) in [7, 11) is 0. The van der Waals surface area contributed by atoms with Crippen LogP contribution in [0.5, 0.6) is 0 Å². The van der Waals surface area contributed by atoms with Gasteiger partial charge in [-0.1, -0.05) is 47.1 Å². The van der Waals surface area contributed by atoms with Crippen LogP contribution in [0.1, 0.15) is 106 Å². The van der Waals surface area contributed by atoms with Gasteiger partial charge in [-0.15, -0.1) is 0 Å². The smallest absolute Gasteiger partial charge is 0.335 e. The van der Waals surface area contributed by atoms with Gasteiger partial charge in [0.1, 0.15) is 36.6 Å². The number of aliphatic hydroxyl groups is 5. The number of hydrogen-bond donors (Lipinski definition) is 8. The maximum atomic E-state index is 14.8. The van der Waals surface area contributed by atoms with Gasteiger partial charge in [-0.05, 0) is 110 Å². The number of aliphatic hydroxyl groups excluding tert-OH is 5. The molecule has 8 N–H and O–H groups in total. The van der Waals surface area contributed by atoms with Crippen LogP contribution in [0.15, 0.2) is 11.6 Å². The van der Waals surface area contributed by atoms with Gasteiger partial charge in [0, 0.05) is 5.92 Å². The molecule has 0 bridgehead atoms. The standard InChI is InChI=1S/C42H62O16/c1-37(2)21-8-11-42(7)31(20(43)16-18-19-17-39(4,36(53)54)13-12-38(19,3)14-15-41(18,42)6)40(21,5)10-9-22(37)55-35-30(26(47)25(46)29(57-35)33(51)52)58-34-27(48)23(44)24(45)28(56-34)32(49)50/h16,19,21-31,34-35,44-48H,8-15,17H2,1-7H3,(H,49,50)(H,51,52)(H,53,54)/t19-,21+,22+,23+,24-,25-,26+,27+,28+,29+,30+,31-,34+,35+,38-,39+,40-,41-,42+/m1/s1. The van der Waals surface area contributed by atoms with E-state index >= 15 is 0 Å². The Labute approximate surface area is 337 Å². The van der Waals surface area contributed by atoms with Gasteiger partial charge in [0.25, 0.3) is 0 Å². The highest BCUT2D eigenvalue weighted by Crippen LogP contribution is 2.75. The van der Waals surface area contributed by atoms with Gasteiger partial charge in [0.15, 0.2) is 30.6 Å². The number of allylic oxidation sites excluding steroid dienone is 2. The van der Waals surface area contributed by atoms with Crippen LogP contribution >= 0.6 is 0 Å². The third kappa shape index (κ3) is 6.25. The molecule has 6 fully saturated rings. The van der Waals surface area contributed by atoms with E-state index in [0.717, 1.165) is 37.7 Å². The number of aliphatic carboxylic acids is 3. The molecule has 4 saturated carbocycles. The molecule has 0 spiro atoms. The molecule has 2 aliphatic heterocycles. The molecule has 0 aromatic carbocycles. The molecule has 0 aromatic rings. The molecule has 0 unspecified atom stereocenters. The fourth-order valence-electron chi connectivity index (χ4n) is 13.4. The van der Waals surface area contributed by atoms with E-state index in [1.807, 2.05) is 26.8 Å². The van der Waals surface area contributed by atoms with Crippen LogP contribution in [0.3, 0.4) is 0 Å². The summed E-state index contributed by atoms with van der Waals surface area (Å²) >= 11 is 0. The van der Waals surface area contributed by atoms with Crippen molar-refractivity contribution >= 4 is 23.7 Å². The molecule has 19 atom stereocenters. The van der Waals surface area contributed by atoms with Crippen molar-refractivity contribution in [2.45, 2.75) is 174 Å². The molecule has 2 saturated heterocycles. The van der Waals surface area contributed by atoms with Crippen LogP contribution < -0.4 is 0 Å². The Morgan fingerprint density at radius 3 is 1.88 bits per heavy atom. The fourth-order valence-corrected chi connectivity index (χ4v) is 13.4. The second-order valence-corrected chi connectivity index (χ2v) is 20.6. The summed E-state index contributed by atoms with van der Waals surface area (Å²) in [5.41, 5.74) is -1.81. The van der Waals surface area contributed by atoms with Crippen LogP contribution in [0, 0.1) is 50.2 Å². The normalized spacial score (nSPS) is 52.6. The Bertz CT molecular complexity index is 1730. The second-order valence-electron chi connectivity index (χ2n) is 20.6. The molecule has 16 nitrogen and oxygen atoms in total. The molecular weight excluding hydrogens is 760 g/mol. The molecule has 58 heavy (non-hydrogen) atoms. The summed E-state index contributed by atoms with van der Waals surface area (Å²) in [6.45, 7) is 14.8. The van der Waals surface area contributed by atoms with E-state index in [9.17, 15) is 60.0 Å². The Morgan fingerprint density at radius 2 is 1.28 bits per heavy atom. The van der Waals surface area contributed by atoms with Crippen molar-refractivity contribution in [2.75, 3.05) is 0 Å². The molecule has 326 valence electrons. The average Bonchev–Trinajstić information content (AvgIpc) is 3.13. The van der Waals surface area contributed by atoms with Gasteiger partial charge in [-0.25, -0.2) is 9.59 Å². The summed E-state index contributed by atoms with van der Waals surface area (Å²) in [5, 5.41) is 83.0. The number of carboxylic acid groups (broad SMARTS) is 3. The number of fused-ring (bicyclic) bond motifs is 7. The van der Waals surface area contributed by atoms with E-state index in [-0.39, 0.29) is 34.4 Å². The van der Waals surface area contributed by atoms with Gasteiger partial charge in [0.05, 0.1) is 11.5 Å². The Kier molecular flexibility index (Phi) is 10.7. The van der Waals surface area contributed by atoms with E-state index in [0.29, 0.717) is 25.7 Å². The van der Waals surface area contributed by atoms with Crippen LogP contribution in [0.25, 0.3) is 0 Å². The van der Waals surface area contributed by atoms with E-state index < -0.39 is 107 Å². The lowest BCUT2D eigenvalue weighted by molar-refractivity contribution is -0.371. The number of ether oxygens (including phenoxy) is 4. The summed E-state index contributed by atoms with van der Waals surface area (Å²) in [6, 6.07) is 0. The summed E-state index contributed by atoms with van der Waals surface area (Å²) < 4.78 is 23.4. The molecular formula is C42H62O16. The van der Waals surface area contributed by atoms with Crippen molar-refractivity contribution in [3.8, 4) is 0 Å². The molecule has 5 aliphatic carbocycles. The molecule has 16 heteroatoms. The van der Waals surface area contributed by atoms with Gasteiger partial charge in [-0.3, -0.25) is 9.59 Å². The third-order valence-corrected chi connectivity index (χ3v) is 17.2. The van der Waals surface area contributed by atoms with Gasteiger partial charge in [0.2, 0.25) is 0 Å². The molecule has 0 amide bonds. The van der Waals surface area contributed by atoms with Crippen molar-refractivity contribution in [3.05, 3.63) is 11.6 Å². The Balaban J connectivity index is 1.17. The van der Waals surface area contributed by atoms with Crippen LogP contribution in [-0.2, 0) is 38.1 Å². The van der Waals surface area contributed by atoms with Crippen molar-refractivity contribution in [1.29, 1.82) is 0 Å². The Hall–Kier alpha value is -2.54. The zero-order valence-electron chi connectivity index (χ0n) is 34.4. The highest BCUT2D eigenvalue weighted by Gasteiger charge is 2.71. The Morgan fingerprint density at radius 1 is 0.690 bits per heavy atom. The third-order valence-electron chi connectivity index (χ3n) is 17.2. The van der Waals surface area contributed by atoms with Gasteiger partial charge >= 0.3 is 17.9 Å². The topological polar surface area (TPSA) is 267 Å². The van der Waals surface area contributed by atoms with Crippen molar-refractivity contribution in [1.82, 2.24) is 0 Å². The van der Waals surface area contributed by atoms with Crippen LogP contribution in [-0.4, -0.2) is 132 Å². The summed E-state index contributed by atoms with van der Waals surface area (Å²) in [5.74, 6) is -4.47. The van der Waals surface area contributed by atoms with Gasteiger partial charge < -0.3 is 59.8 Å². The minimum absolute atomic E-state index is 0.0217. The lowest BCUT2D eigenvalue weighted by Gasteiger charge is -2.70. The monoisotopic (exact) mass is 822 g/mol. The first-order valence-corrected chi connectivity index (χ1v) is 20.7. The maximum Gasteiger partial charge on any atom is 0.335 e. The van der Waals surface area contributed by atoms with Crippen LogP contribution in [0.4, 0.5) is 0 Å². The summed E-state index contributed by atoms with van der Waals surface area (Å²) in [4.78, 5) is 51.3. The zero-order valence-corrected chi connectivity index (χ0v) is 34.4. The molecule has 7 rings (SSSR count). The number of carbonyl (C=O) groups is 4. The largest absolute Gasteiger partial charge is 0.481 e. The lowest BCUT2D eigenvalue weighted by atomic mass is 9.33. The minimum atomic E-state index is -2.05. The fraction of sp³-hybridized carbons (Fsp3) is 0.857. The first-order valence-electron chi connectivity index (χ1n) is 20.7. The van der Waals surface area contributed by atoms with Crippen molar-refractivity contribution in [3.63, 3.8) is 0 Å². The maximum absolute atomic E-state index is 14.8. The molecule has 7 aliphatic rings. The highest BCUT2D eigenvalue weighted by molar-refractivity contribution is 5.95. The first-order chi connectivity index (χ1) is 26.8. The van der Waals surface area contributed by atoms with E-state index in [4.69, 9.17) is 18.9 Å². The highest BCUT2D eigenvalue weighted by atomic mass is 16.8. The summed E-state index contributed by atoms with van der Waals surface area (Å²) in [6.07, 6.45) is -12.2. The molecule has 2 heterocycles. The zero-order chi connectivity index (χ0) is 42.9. The second kappa shape index (κ2) is 14.3. The lowest BCUT2D eigenvalue weighted by Crippen LogP contribution is -2.68. The molecule has 0 aromatic heterocycles. The van der Waals surface area contributed by atoms with Crippen LogP contribution in [0.2, 0.25) is 0 Å². The minimum Gasteiger partial charge on any atom is -0.481 e. The first kappa shape index (κ1) is 43.5. The predicted octanol–water partition coefficient (Wildman–Crippen LogP) is 2.25. The molecule has 0 radical (unpaired) electrons. The van der Waals surface area contributed by atoms with E-state index in [1.54, 1.807) is 0 Å². The quantitative estimate of drug-likeness (QED) is 0.171. The number of hydrogen-bond acceptors (Lipinski definition) is 13. The van der Waals surface area contributed by atoms with E-state index in [2.05, 4.69) is 27.7 Å². The van der Waals surface area contributed by atoms with Gasteiger partial charge in [-0.2, -0.15) is 0 Å². The van der Waals surface area contributed by atoms with Crippen molar-refractivity contribution in [2.24, 2.45) is 50.2 Å². The average molecular weight is 823 g/mol. The van der Waals surface area contributed by atoms with E-state index in [1.165, 1.54) is 0 Å².